The molecule has 0 atom stereocenters. The van der Waals surface area contributed by atoms with Gasteiger partial charge in [-0.25, -0.2) is 0 Å². The predicted octanol–water partition coefficient (Wildman–Crippen LogP) is 3.48. The van der Waals surface area contributed by atoms with Gasteiger partial charge in [0.2, 0.25) is 0 Å². The second-order valence-electron chi connectivity index (χ2n) is 6.30. The molecule has 1 aromatic rings. The van der Waals surface area contributed by atoms with E-state index in [4.69, 9.17) is 4.74 Å². The van der Waals surface area contributed by atoms with E-state index in [9.17, 15) is 4.79 Å². The van der Waals surface area contributed by atoms with Crippen molar-refractivity contribution >= 4 is 17.7 Å². The molecule has 0 heterocycles. The summed E-state index contributed by atoms with van der Waals surface area (Å²) < 4.78 is 5.24. The van der Waals surface area contributed by atoms with E-state index in [0.29, 0.717) is 0 Å². The van der Waals surface area contributed by atoms with Crippen LogP contribution in [0.3, 0.4) is 0 Å². The van der Waals surface area contributed by atoms with Gasteiger partial charge in [-0.15, -0.1) is 0 Å². The van der Waals surface area contributed by atoms with Crippen LogP contribution < -0.4 is 0 Å². The number of esters is 1. The smallest absolute Gasteiger partial charge is 0.313 e. The number of methoxy groups -OCH3 is 1. The van der Waals surface area contributed by atoms with Gasteiger partial charge >= 0.3 is 5.97 Å². The zero-order valence-corrected chi connectivity index (χ0v) is 13.0. The normalized spacial score (nSPS) is 17.1. The number of fused-ring (bicyclic) bond motifs is 1. The SMILES string of the molecule is COC(=O)C1(CSC(C)(C)C)Cc2ccccc2C1. The maximum absolute atomic E-state index is 12.3. The van der Waals surface area contributed by atoms with Crippen LogP contribution in [-0.2, 0) is 22.4 Å². The van der Waals surface area contributed by atoms with Crippen LogP contribution in [0.25, 0.3) is 0 Å². The van der Waals surface area contributed by atoms with Gasteiger partial charge in [-0.3, -0.25) is 4.79 Å². The Bertz CT molecular complexity index is 449. The van der Waals surface area contributed by atoms with E-state index >= 15 is 0 Å². The monoisotopic (exact) mass is 278 g/mol. The van der Waals surface area contributed by atoms with Gasteiger partial charge in [-0.1, -0.05) is 45.0 Å². The summed E-state index contributed by atoms with van der Waals surface area (Å²) in [7, 11) is 1.49. The maximum Gasteiger partial charge on any atom is 0.313 e. The second kappa shape index (κ2) is 5.20. The van der Waals surface area contributed by atoms with E-state index in [0.717, 1.165) is 18.6 Å². The van der Waals surface area contributed by atoms with Gasteiger partial charge in [0, 0.05) is 10.5 Å². The summed E-state index contributed by atoms with van der Waals surface area (Å²) in [4.78, 5) is 12.3. The molecule has 3 heteroatoms. The Labute approximate surface area is 119 Å². The molecule has 1 aliphatic rings. The molecule has 1 aliphatic carbocycles. The Hall–Kier alpha value is -0.960. The first-order valence-electron chi connectivity index (χ1n) is 6.65. The highest BCUT2D eigenvalue weighted by Gasteiger charge is 2.45. The average Bonchev–Trinajstić information content (AvgIpc) is 2.74. The fourth-order valence-electron chi connectivity index (χ4n) is 2.57. The quantitative estimate of drug-likeness (QED) is 0.792. The largest absolute Gasteiger partial charge is 0.469 e. The number of ether oxygens (including phenoxy) is 1. The van der Waals surface area contributed by atoms with Crippen LogP contribution in [-0.4, -0.2) is 23.6 Å². The predicted molar refractivity (Wildman–Crippen MR) is 80.5 cm³/mol. The van der Waals surface area contributed by atoms with Crippen molar-refractivity contribution in [1.29, 1.82) is 0 Å². The second-order valence-corrected chi connectivity index (χ2v) is 8.10. The summed E-state index contributed by atoms with van der Waals surface area (Å²) >= 11 is 1.84. The minimum atomic E-state index is -0.379. The number of hydrogen-bond donors (Lipinski definition) is 0. The van der Waals surface area contributed by atoms with Crippen LogP contribution in [0.4, 0.5) is 0 Å². The third kappa shape index (κ3) is 3.14. The Kier molecular flexibility index (Phi) is 3.95. The molecule has 0 bridgehead atoms. The Morgan fingerprint density at radius 2 is 1.79 bits per heavy atom. The topological polar surface area (TPSA) is 26.3 Å². The molecule has 0 aromatic heterocycles. The zero-order chi connectivity index (χ0) is 14.1. The van der Waals surface area contributed by atoms with Crippen molar-refractivity contribution in [2.24, 2.45) is 5.41 Å². The number of thioether (sulfide) groups is 1. The van der Waals surface area contributed by atoms with Crippen LogP contribution in [0.5, 0.6) is 0 Å². The summed E-state index contributed by atoms with van der Waals surface area (Å²) in [6.45, 7) is 6.56. The molecule has 0 saturated carbocycles. The molecular weight excluding hydrogens is 256 g/mol. The van der Waals surface area contributed by atoms with Crippen molar-refractivity contribution in [1.82, 2.24) is 0 Å². The van der Waals surface area contributed by atoms with E-state index in [1.807, 2.05) is 23.9 Å². The van der Waals surface area contributed by atoms with Crippen molar-refractivity contribution in [3.05, 3.63) is 35.4 Å². The summed E-state index contributed by atoms with van der Waals surface area (Å²) in [5, 5.41) is 0. The van der Waals surface area contributed by atoms with Gasteiger partial charge in [-0.2, -0.15) is 11.8 Å². The molecule has 0 spiro atoms. The fourth-order valence-corrected chi connectivity index (χ4v) is 3.60. The number of carbonyl (C=O) groups excluding carboxylic acids is 1. The Morgan fingerprint density at radius 1 is 1.26 bits per heavy atom. The molecule has 19 heavy (non-hydrogen) atoms. The molecule has 0 unspecified atom stereocenters. The van der Waals surface area contributed by atoms with Crippen LogP contribution in [0.1, 0.15) is 31.9 Å². The molecule has 0 radical (unpaired) electrons. The van der Waals surface area contributed by atoms with E-state index < -0.39 is 0 Å². The molecule has 0 fully saturated rings. The van der Waals surface area contributed by atoms with Crippen LogP contribution in [0.15, 0.2) is 24.3 Å². The van der Waals surface area contributed by atoms with Gasteiger partial charge < -0.3 is 4.74 Å². The Balaban J connectivity index is 2.22. The van der Waals surface area contributed by atoms with Crippen molar-refractivity contribution in [3.63, 3.8) is 0 Å². The van der Waals surface area contributed by atoms with Crippen molar-refractivity contribution in [2.45, 2.75) is 38.4 Å². The van der Waals surface area contributed by atoms with Crippen LogP contribution in [0, 0.1) is 5.41 Å². The highest BCUT2D eigenvalue weighted by molar-refractivity contribution is 8.00. The van der Waals surface area contributed by atoms with Crippen molar-refractivity contribution in [2.75, 3.05) is 12.9 Å². The maximum atomic E-state index is 12.3. The lowest BCUT2D eigenvalue weighted by Gasteiger charge is -2.29. The molecule has 104 valence electrons. The zero-order valence-electron chi connectivity index (χ0n) is 12.2. The number of benzene rings is 1. The van der Waals surface area contributed by atoms with Gasteiger partial charge in [0.15, 0.2) is 0 Å². The van der Waals surface area contributed by atoms with Crippen molar-refractivity contribution in [3.8, 4) is 0 Å². The first-order valence-corrected chi connectivity index (χ1v) is 7.64. The van der Waals surface area contributed by atoms with Crippen LogP contribution >= 0.6 is 11.8 Å². The fraction of sp³-hybridized carbons (Fsp3) is 0.562. The van der Waals surface area contributed by atoms with Crippen LogP contribution in [0.2, 0.25) is 0 Å². The minimum absolute atomic E-state index is 0.0690. The summed E-state index contributed by atoms with van der Waals surface area (Å²) in [6, 6.07) is 8.34. The third-order valence-electron chi connectivity index (χ3n) is 3.58. The standard InChI is InChI=1S/C16H22O2S/c1-15(2,3)19-11-16(14(17)18-4)9-12-7-5-6-8-13(12)10-16/h5-8H,9-11H2,1-4H3. The molecule has 1 aromatic carbocycles. The van der Waals surface area contributed by atoms with E-state index in [2.05, 4.69) is 32.9 Å². The van der Waals surface area contributed by atoms with Gasteiger partial charge in [0.25, 0.3) is 0 Å². The molecule has 0 aliphatic heterocycles. The lowest BCUT2D eigenvalue weighted by molar-refractivity contribution is -0.150. The van der Waals surface area contributed by atoms with E-state index in [-0.39, 0.29) is 16.1 Å². The molecule has 2 rings (SSSR count). The van der Waals surface area contributed by atoms with Gasteiger partial charge in [-0.05, 0) is 24.0 Å². The van der Waals surface area contributed by atoms with Gasteiger partial charge in [0.05, 0.1) is 12.5 Å². The summed E-state index contributed by atoms with van der Waals surface area (Å²) in [5.41, 5.74) is 2.21. The molecule has 0 saturated heterocycles. The molecule has 0 N–H and O–H groups in total. The minimum Gasteiger partial charge on any atom is -0.469 e. The van der Waals surface area contributed by atoms with Crippen molar-refractivity contribution < 1.29 is 9.53 Å². The third-order valence-corrected chi connectivity index (χ3v) is 5.14. The Morgan fingerprint density at radius 3 is 2.21 bits per heavy atom. The number of carbonyl (C=O) groups is 1. The summed E-state index contributed by atoms with van der Waals surface area (Å²) in [6.07, 6.45) is 1.61. The number of rotatable bonds is 3. The summed E-state index contributed by atoms with van der Waals surface area (Å²) in [5.74, 6) is 0.748. The molecule has 2 nitrogen and oxygen atoms in total. The highest BCUT2D eigenvalue weighted by Crippen LogP contribution is 2.42. The van der Waals surface area contributed by atoms with Gasteiger partial charge in [0.1, 0.15) is 0 Å². The number of hydrogen-bond acceptors (Lipinski definition) is 3. The first-order chi connectivity index (χ1) is 8.86. The molecule has 0 amide bonds. The van der Waals surface area contributed by atoms with E-state index in [1.165, 1.54) is 18.2 Å². The average molecular weight is 278 g/mol. The molecular formula is C16H22O2S. The first kappa shape index (κ1) is 14.4. The lowest BCUT2D eigenvalue weighted by Crippen LogP contribution is -2.37. The highest BCUT2D eigenvalue weighted by atomic mass is 32.2. The lowest BCUT2D eigenvalue weighted by atomic mass is 9.87. The van der Waals surface area contributed by atoms with E-state index in [1.54, 1.807) is 0 Å².